The number of nitrogens with one attached hydrogen (secondary N) is 1. The van der Waals surface area contributed by atoms with E-state index >= 15 is 0 Å². The molecule has 2 aromatic carbocycles. The molecule has 3 fully saturated rings. The van der Waals surface area contributed by atoms with Crippen molar-refractivity contribution < 1.29 is 28.7 Å². The second kappa shape index (κ2) is 9.52. The minimum absolute atomic E-state index is 0.139. The topological polar surface area (TPSA) is 102 Å². The van der Waals surface area contributed by atoms with Gasteiger partial charge >= 0.3 is 5.97 Å². The summed E-state index contributed by atoms with van der Waals surface area (Å²) in [5, 5.41) is 2.66. The summed E-state index contributed by atoms with van der Waals surface area (Å²) in [4.78, 5) is 53.6. The first-order chi connectivity index (χ1) is 17.0. The lowest BCUT2D eigenvalue weighted by atomic mass is 9.81. The number of benzene rings is 2. The maximum atomic E-state index is 13.4. The highest BCUT2D eigenvalue weighted by Gasteiger charge is 2.62. The average molecular weight is 477 g/mol. The Bertz CT molecular complexity index is 1120. The quantitative estimate of drug-likeness (QED) is 0.464. The van der Waals surface area contributed by atoms with Gasteiger partial charge in [0.15, 0.2) is 6.61 Å². The molecule has 35 heavy (non-hydrogen) atoms. The number of hydrogen-bond acceptors (Lipinski definition) is 6. The van der Waals surface area contributed by atoms with Crippen molar-refractivity contribution in [2.24, 2.45) is 23.7 Å². The Kier molecular flexibility index (Phi) is 6.28. The summed E-state index contributed by atoms with van der Waals surface area (Å²) in [5.41, 5.74) is 1.25. The van der Waals surface area contributed by atoms with E-state index in [-0.39, 0.29) is 41.9 Å². The highest BCUT2D eigenvalue weighted by Crippen LogP contribution is 2.56. The number of hydrogen-bond donors (Lipinski definition) is 1. The number of anilines is 1. The van der Waals surface area contributed by atoms with Crippen LogP contribution in [0, 0.1) is 23.7 Å². The molecule has 3 aliphatic rings. The van der Waals surface area contributed by atoms with E-state index in [0.717, 1.165) is 29.7 Å². The molecule has 3 amide bonds. The number of likely N-dealkylation sites (tertiary alicyclic amines) is 1. The van der Waals surface area contributed by atoms with E-state index in [1.807, 2.05) is 30.3 Å². The molecular formula is C27H28N2O6. The smallest absolute Gasteiger partial charge is 0.330 e. The second-order valence-corrected chi connectivity index (χ2v) is 9.49. The van der Waals surface area contributed by atoms with Gasteiger partial charge in [-0.2, -0.15) is 0 Å². The second-order valence-electron chi connectivity index (χ2n) is 9.49. The van der Waals surface area contributed by atoms with E-state index in [1.54, 1.807) is 24.3 Å². The monoisotopic (exact) mass is 476 g/mol. The summed E-state index contributed by atoms with van der Waals surface area (Å²) in [6, 6.07) is 15.0. The molecule has 1 N–H and O–H groups in total. The van der Waals surface area contributed by atoms with Crippen LogP contribution in [0.25, 0.3) is 0 Å². The number of carbonyl (C=O) groups is 4. The minimum atomic E-state index is -1.11. The largest absolute Gasteiger partial charge is 0.495 e. The molecule has 1 saturated heterocycles. The average Bonchev–Trinajstić information content (AvgIpc) is 3.56. The van der Waals surface area contributed by atoms with Gasteiger partial charge in [-0.3, -0.25) is 19.3 Å². The van der Waals surface area contributed by atoms with E-state index < -0.39 is 24.5 Å². The maximum Gasteiger partial charge on any atom is 0.330 e. The Hall–Kier alpha value is -3.68. The molecule has 0 spiro atoms. The predicted octanol–water partition coefficient (Wildman–Crippen LogP) is 2.82. The minimum Gasteiger partial charge on any atom is -0.495 e. The number of fused-ring (bicyclic) bond motifs is 5. The van der Waals surface area contributed by atoms with Gasteiger partial charge in [-0.05, 0) is 48.8 Å². The van der Waals surface area contributed by atoms with Crippen molar-refractivity contribution in [1.82, 2.24) is 4.90 Å². The van der Waals surface area contributed by atoms with Crippen LogP contribution in [-0.4, -0.2) is 48.3 Å². The van der Waals surface area contributed by atoms with Crippen molar-refractivity contribution in [3.8, 4) is 5.75 Å². The van der Waals surface area contributed by atoms with Gasteiger partial charge in [0.05, 0.1) is 24.6 Å². The lowest BCUT2D eigenvalue weighted by Gasteiger charge is -2.26. The van der Waals surface area contributed by atoms with Crippen molar-refractivity contribution in [3.05, 3.63) is 60.2 Å². The van der Waals surface area contributed by atoms with E-state index in [0.29, 0.717) is 11.4 Å². The summed E-state index contributed by atoms with van der Waals surface area (Å²) in [6.45, 7) is -0.545. The van der Waals surface area contributed by atoms with Crippen LogP contribution in [0.15, 0.2) is 54.6 Å². The molecule has 5 atom stereocenters. The standard InChI is InChI=1S/C27H28N2O6/c1-34-21-10-6-5-9-19(21)28-22(30)15-35-27(33)20(13-16-7-3-2-4-8-16)29-25(31)23-17-11-12-18(14-17)24(23)26(29)32/h2-10,17-18,20,23-24H,11-15H2,1H3,(H,28,30)/t17-,18-,20-,23+,24+/m0/s1. The number of methoxy groups -OCH3 is 1. The van der Waals surface area contributed by atoms with E-state index in [1.165, 1.54) is 7.11 Å². The molecule has 0 unspecified atom stereocenters. The van der Waals surface area contributed by atoms with Crippen LogP contribution < -0.4 is 10.1 Å². The molecule has 8 heteroatoms. The number of para-hydroxylation sites is 2. The van der Waals surface area contributed by atoms with E-state index in [4.69, 9.17) is 9.47 Å². The Morgan fingerprint density at radius 3 is 2.26 bits per heavy atom. The van der Waals surface area contributed by atoms with Gasteiger partial charge in [0.25, 0.3) is 5.91 Å². The fourth-order valence-corrected chi connectivity index (χ4v) is 6.02. The SMILES string of the molecule is COc1ccccc1NC(=O)COC(=O)[C@H](Cc1ccccc1)N1C(=O)[C@@H]2[C@H]3CC[C@@H](C3)[C@H]2C1=O. The molecule has 2 aliphatic carbocycles. The van der Waals surface area contributed by atoms with Crippen LogP contribution in [0.4, 0.5) is 5.69 Å². The molecule has 1 aliphatic heterocycles. The van der Waals surface area contributed by atoms with Crippen molar-refractivity contribution >= 4 is 29.4 Å². The molecule has 2 aromatic rings. The fourth-order valence-electron chi connectivity index (χ4n) is 6.02. The van der Waals surface area contributed by atoms with Crippen molar-refractivity contribution in [2.75, 3.05) is 19.0 Å². The zero-order valence-corrected chi connectivity index (χ0v) is 19.5. The predicted molar refractivity (Wildman–Crippen MR) is 126 cm³/mol. The van der Waals surface area contributed by atoms with Crippen LogP contribution in [0.5, 0.6) is 5.75 Å². The highest BCUT2D eigenvalue weighted by atomic mass is 16.5. The van der Waals surface area contributed by atoms with Gasteiger partial charge in [0.1, 0.15) is 11.8 Å². The molecule has 2 saturated carbocycles. The Labute approximate surface area is 203 Å². The first-order valence-electron chi connectivity index (χ1n) is 12.0. The van der Waals surface area contributed by atoms with Gasteiger partial charge in [-0.1, -0.05) is 42.5 Å². The van der Waals surface area contributed by atoms with E-state index in [9.17, 15) is 19.2 Å². The first kappa shape index (κ1) is 23.1. The van der Waals surface area contributed by atoms with Crippen LogP contribution in [0.1, 0.15) is 24.8 Å². The lowest BCUT2D eigenvalue weighted by Crippen LogP contribution is -2.48. The van der Waals surface area contributed by atoms with E-state index in [2.05, 4.69) is 5.32 Å². The Morgan fingerprint density at radius 1 is 0.971 bits per heavy atom. The van der Waals surface area contributed by atoms with Crippen molar-refractivity contribution in [2.45, 2.75) is 31.7 Å². The highest BCUT2D eigenvalue weighted by molar-refractivity contribution is 6.08. The van der Waals surface area contributed by atoms with Gasteiger partial charge in [0, 0.05) is 6.42 Å². The molecule has 5 rings (SSSR count). The maximum absolute atomic E-state index is 13.4. The third kappa shape index (κ3) is 4.29. The van der Waals surface area contributed by atoms with Gasteiger partial charge in [-0.15, -0.1) is 0 Å². The Balaban J connectivity index is 1.32. The van der Waals surface area contributed by atoms with Crippen LogP contribution in [0.3, 0.4) is 0 Å². The van der Waals surface area contributed by atoms with Gasteiger partial charge in [-0.25, -0.2) is 4.79 Å². The molecule has 1 heterocycles. The number of amides is 3. The summed E-state index contributed by atoms with van der Waals surface area (Å²) in [6.07, 6.45) is 2.96. The molecule has 0 aromatic heterocycles. The number of esters is 1. The van der Waals surface area contributed by atoms with Crippen molar-refractivity contribution in [3.63, 3.8) is 0 Å². The molecule has 0 radical (unpaired) electrons. The number of carbonyl (C=O) groups excluding carboxylic acids is 4. The van der Waals surface area contributed by atoms with Gasteiger partial charge < -0.3 is 14.8 Å². The van der Waals surface area contributed by atoms with Crippen LogP contribution >= 0.6 is 0 Å². The van der Waals surface area contributed by atoms with Gasteiger partial charge in [0.2, 0.25) is 11.8 Å². The molecule has 8 nitrogen and oxygen atoms in total. The zero-order valence-electron chi connectivity index (χ0n) is 19.5. The molecular weight excluding hydrogens is 448 g/mol. The number of imide groups is 1. The third-order valence-corrected chi connectivity index (χ3v) is 7.54. The summed E-state index contributed by atoms with van der Waals surface area (Å²) in [7, 11) is 1.49. The molecule has 182 valence electrons. The third-order valence-electron chi connectivity index (χ3n) is 7.54. The van der Waals surface area contributed by atoms with Crippen LogP contribution in [-0.2, 0) is 30.3 Å². The summed E-state index contributed by atoms with van der Waals surface area (Å²) < 4.78 is 10.6. The molecule has 2 bridgehead atoms. The van der Waals surface area contributed by atoms with Crippen molar-refractivity contribution in [1.29, 1.82) is 0 Å². The normalized spacial score (nSPS) is 25.3. The number of nitrogens with zero attached hydrogens (tertiary/aromatic N) is 1. The Morgan fingerprint density at radius 2 is 1.60 bits per heavy atom. The fraction of sp³-hybridized carbons (Fsp3) is 0.407. The summed E-state index contributed by atoms with van der Waals surface area (Å²) >= 11 is 0. The zero-order chi connectivity index (χ0) is 24.5. The first-order valence-corrected chi connectivity index (χ1v) is 12.0. The number of rotatable bonds is 8. The van der Waals surface area contributed by atoms with Crippen LogP contribution in [0.2, 0.25) is 0 Å². The summed E-state index contributed by atoms with van der Waals surface area (Å²) in [5.74, 6) is -1.62. The lowest BCUT2D eigenvalue weighted by molar-refractivity contribution is -0.160. The number of ether oxygens (including phenoxy) is 2.